The van der Waals surface area contributed by atoms with Crippen LogP contribution < -0.4 is 16.0 Å². The van der Waals surface area contributed by atoms with Gasteiger partial charge >= 0.3 is 6.03 Å². The van der Waals surface area contributed by atoms with Gasteiger partial charge in [0.05, 0.1) is 5.00 Å². The number of nitrogens with zero attached hydrogens (tertiary/aromatic N) is 1. The molecule has 0 spiro atoms. The largest absolute Gasteiger partial charge is 0.375 e. The fraction of sp³-hybridized carbons (Fsp3) is 0.710. The van der Waals surface area contributed by atoms with E-state index in [9.17, 15) is 4.79 Å². The lowest BCUT2D eigenvalue weighted by atomic mass is 9.90. The average molecular weight is 529 g/mol. The standard InChI is InChI=1S/C31H52N4OS/c1-7-12-25-20-32-17-15-27(25)28(24(6)35(18-8-2)19-16-22(4)9-3)21-33-31(36)34-30-23(5)26-13-10-11-14-29(26)37-30/h22,32H,7-21H2,1-6H3,(H2,33,34,36)/b28-24+. The summed E-state index contributed by atoms with van der Waals surface area (Å²) in [5.74, 6) is 0.730. The molecule has 0 aromatic carbocycles. The van der Waals surface area contributed by atoms with Gasteiger partial charge in [-0.05, 0) is 99.9 Å². The van der Waals surface area contributed by atoms with Crippen LogP contribution in [0.3, 0.4) is 0 Å². The first-order chi connectivity index (χ1) is 17.9. The summed E-state index contributed by atoms with van der Waals surface area (Å²) in [7, 11) is 0. The molecule has 2 aliphatic rings. The molecule has 2 heterocycles. The number of carbonyl (C=O) groups excluding carboxylic acids is 1. The smallest absolute Gasteiger partial charge is 0.320 e. The van der Waals surface area contributed by atoms with Crippen molar-refractivity contribution in [3.63, 3.8) is 0 Å². The summed E-state index contributed by atoms with van der Waals surface area (Å²) >= 11 is 1.78. The zero-order valence-electron chi connectivity index (χ0n) is 24.4. The monoisotopic (exact) mass is 528 g/mol. The highest BCUT2D eigenvalue weighted by Crippen LogP contribution is 2.37. The molecule has 1 unspecified atom stereocenters. The highest BCUT2D eigenvalue weighted by molar-refractivity contribution is 7.16. The first-order valence-corrected chi connectivity index (χ1v) is 15.7. The Balaban J connectivity index is 1.83. The van der Waals surface area contributed by atoms with Gasteiger partial charge in [-0.25, -0.2) is 4.79 Å². The first-order valence-electron chi connectivity index (χ1n) is 14.9. The van der Waals surface area contributed by atoms with Crippen LogP contribution in [0.5, 0.6) is 0 Å². The number of fused-ring (bicyclic) bond motifs is 1. The fourth-order valence-electron chi connectivity index (χ4n) is 5.74. The van der Waals surface area contributed by atoms with E-state index < -0.39 is 0 Å². The lowest BCUT2D eigenvalue weighted by molar-refractivity contribution is 0.252. The van der Waals surface area contributed by atoms with E-state index in [1.54, 1.807) is 11.3 Å². The van der Waals surface area contributed by atoms with Gasteiger partial charge in [0.25, 0.3) is 0 Å². The van der Waals surface area contributed by atoms with Crippen molar-refractivity contribution >= 4 is 22.4 Å². The van der Waals surface area contributed by atoms with Crippen molar-refractivity contribution in [1.29, 1.82) is 0 Å². The molecule has 0 fully saturated rings. The maximum atomic E-state index is 13.2. The molecule has 0 saturated heterocycles. The summed E-state index contributed by atoms with van der Waals surface area (Å²) in [5, 5.41) is 11.1. The molecule has 0 bridgehead atoms. The number of anilines is 1. The number of aryl methyl sites for hydroxylation is 1. The molecular formula is C31H52N4OS. The van der Waals surface area contributed by atoms with E-state index in [2.05, 4.69) is 62.4 Å². The quantitative estimate of drug-likeness (QED) is 0.247. The molecule has 0 saturated carbocycles. The van der Waals surface area contributed by atoms with E-state index >= 15 is 0 Å². The van der Waals surface area contributed by atoms with Gasteiger partial charge in [-0.15, -0.1) is 11.3 Å². The van der Waals surface area contributed by atoms with Crippen LogP contribution in [0, 0.1) is 12.8 Å². The molecule has 1 aliphatic heterocycles. The Morgan fingerprint density at radius 2 is 1.89 bits per heavy atom. The number of amides is 2. The second kappa shape index (κ2) is 15.0. The van der Waals surface area contributed by atoms with Gasteiger partial charge in [0.15, 0.2) is 0 Å². The Labute approximate surface area is 230 Å². The lowest BCUT2D eigenvalue weighted by Crippen LogP contribution is -2.35. The minimum Gasteiger partial charge on any atom is -0.375 e. The summed E-state index contributed by atoms with van der Waals surface area (Å²) in [6.07, 6.45) is 11.7. The molecule has 3 N–H and O–H groups in total. The van der Waals surface area contributed by atoms with Gasteiger partial charge in [0.1, 0.15) is 0 Å². The molecule has 3 rings (SSSR count). The Morgan fingerprint density at radius 1 is 1.11 bits per heavy atom. The van der Waals surface area contributed by atoms with Crippen LogP contribution in [0.15, 0.2) is 22.4 Å². The Kier molecular flexibility index (Phi) is 12.0. The van der Waals surface area contributed by atoms with Crippen molar-refractivity contribution in [3.05, 3.63) is 38.4 Å². The van der Waals surface area contributed by atoms with Gasteiger partial charge < -0.3 is 15.5 Å². The molecule has 208 valence electrons. The number of thiophene rings is 1. The van der Waals surface area contributed by atoms with Crippen LogP contribution in [-0.2, 0) is 12.8 Å². The molecular weight excluding hydrogens is 476 g/mol. The summed E-state index contributed by atoms with van der Waals surface area (Å²) in [6.45, 7) is 18.3. The predicted molar refractivity (Wildman–Crippen MR) is 161 cm³/mol. The normalized spacial score (nSPS) is 17.2. The van der Waals surface area contributed by atoms with Crippen molar-refractivity contribution < 1.29 is 4.79 Å². The van der Waals surface area contributed by atoms with Gasteiger partial charge in [0, 0.05) is 36.8 Å². The summed E-state index contributed by atoms with van der Waals surface area (Å²) < 4.78 is 0. The highest BCUT2D eigenvalue weighted by Gasteiger charge is 2.22. The Bertz CT molecular complexity index is 961. The van der Waals surface area contributed by atoms with E-state index in [-0.39, 0.29) is 6.03 Å². The van der Waals surface area contributed by atoms with Crippen molar-refractivity contribution in [2.24, 2.45) is 5.92 Å². The Hall–Kier alpha value is -1.79. The third kappa shape index (κ3) is 8.10. The minimum absolute atomic E-state index is 0.0831. The molecule has 1 aromatic rings. The SMILES string of the molecule is CCCC1=C(/C(CNC(=O)Nc2sc3c(c2C)CCCC3)=C(\C)N(CCC)CCC(C)CC)CCNC1. The third-order valence-corrected chi connectivity index (χ3v) is 9.62. The van der Waals surface area contributed by atoms with Gasteiger partial charge in [-0.2, -0.15) is 0 Å². The third-order valence-electron chi connectivity index (χ3n) is 8.31. The second-order valence-electron chi connectivity index (χ2n) is 11.1. The van der Waals surface area contributed by atoms with Gasteiger partial charge in [0.2, 0.25) is 0 Å². The second-order valence-corrected chi connectivity index (χ2v) is 12.2. The van der Waals surface area contributed by atoms with E-state index in [1.807, 2.05) is 0 Å². The van der Waals surface area contributed by atoms with Crippen molar-refractivity contribution in [2.75, 3.05) is 38.0 Å². The van der Waals surface area contributed by atoms with Gasteiger partial charge in [-0.3, -0.25) is 5.32 Å². The van der Waals surface area contributed by atoms with Crippen LogP contribution in [-0.4, -0.2) is 43.7 Å². The first kappa shape index (κ1) is 29.8. The highest BCUT2D eigenvalue weighted by atomic mass is 32.1. The van der Waals surface area contributed by atoms with E-state index in [4.69, 9.17) is 0 Å². The lowest BCUT2D eigenvalue weighted by Gasteiger charge is -2.32. The topological polar surface area (TPSA) is 56.4 Å². The Morgan fingerprint density at radius 3 is 2.59 bits per heavy atom. The van der Waals surface area contributed by atoms with Crippen LogP contribution in [0.4, 0.5) is 9.80 Å². The van der Waals surface area contributed by atoms with Crippen molar-refractivity contribution in [1.82, 2.24) is 15.5 Å². The van der Waals surface area contributed by atoms with Crippen LogP contribution in [0.25, 0.3) is 0 Å². The summed E-state index contributed by atoms with van der Waals surface area (Å²) in [6, 6.07) is -0.0831. The molecule has 5 nitrogen and oxygen atoms in total. The number of carbonyl (C=O) groups is 1. The van der Waals surface area contributed by atoms with Crippen LogP contribution in [0.1, 0.15) is 102 Å². The summed E-state index contributed by atoms with van der Waals surface area (Å²) in [5.41, 5.74) is 8.42. The number of hydrogen-bond donors (Lipinski definition) is 3. The molecule has 1 aromatic heterocycles. The molecule has 0 radical (unpaired) electrons. The zero-order valence-corrected chi connectivity index (χ0v) is 25.3. The van der Waals surface area contributed by atoms with E-state index in [1.165, 1.54) is 64.1 Å². The molecule has 6 heteroatoms. The number of allylic oxidation sites excluding steroid dienone is 1. The van der Waals surface area contributed by atoms with Gasteiger partial charge in [-0.1, -0.05) is 46.1 Å². The van der Waals surface area contributed by atoms with Crippen LogP contribution >= 0.6 is 11.3 Å². The molecule has 1 aliphatic carbocycles. The zero-order chi connectivity index (χ0) is 26.8. The fourth-order valence-corrected chi connectivity index (χ4v) is 7.03. The maximum Gasteiger partial charge on any atom is 0.320 e. The van der Waals surface area contributed by atoms with Crippen molar-refractivity contribution in [3.8, 4) is 0 Å². The number of rotatable bonds is 13. The molecule has 2 amide bonds. The minimum atomic E-state index is -0.0831. The summed E-state index contributed by atoms with van der Waals surface area (Å²) in [4.78, 5) is 17.2. The van der Waals surface area contributed by atoms with Crippen molar-refractivity contribution in [2.45, 2.75) is 106 Å². The number of nitrogens with one attached hydrogen (secondary N) is 3. The predicted octanol–water partition coefficient (Wildman–Crippen LogP) is 7.57. The maximum absolute atomic E-state index is 13.2. The number of urea groups is 1. The van der Waals surface area contributed by atoms with E-state index in [0.717, 1.165) is 75.6 Å². The average Bonchev–Trinajstić information content (AvgIpc) is 3.22. The number of hydrogen-bond acceptors (Lipinski definition) is 4. The van der Waals surface area contributed by atoms with Crippen LogP contribution in [0.2, 0.25) is 0 Å². The molecule has 1 atom stereocenters. The van der Waals surface area contributed by atoms with E-state index in [0.29, 0.717) is 6.54 Å². The molecule has 37 heavy (non-hydrogen) atoms.